The molecule has 1 aromatic rings. The van der Waals surface area contributed by atoms with Crippen molar-refractivity contribution in [3.63, 3.8) is 0 Å². The number of fused-ring (bicyclic) bond motifs is 1. The number of allylic oxidation sites excluding steroid dienone is 4. The summed E-state index contributed by atoms with van der Waals surface area (Å²) in [5, 5.41) is 9.22. The van der Waals surface area contributed by atoms with Gasteiger partial charge in [0.1, 0.15) is 0 Å². The number of hydrogen-bond donors (Lipinski definition) is 1. The van der Waals surface area contributed by atoms with Crippen LogP contribution in [0.25, 0.3) is 5.57 Å². The van der Waals surface area contributed by atoms with E-state index < -0.39 is 0 Å². The van der Waals surface area contributed by atoms with Crippen LogP contribution in [0.1, 0.15) is 36.7 Å². The van der Waals surface area contributed by atoms with Crippen LogP contribution < -0.4 is 5.32 Å². The lowest BCUT2D eigenvalue weighted by molar-refractivity contribution is 0.625. The second-order valence-corrected chi connectivity index (χ2v) is 5.56. The SMILES string of the molecule is CCn1nc2c(c1C1=C(Cl)CCC=C1)CCNCC2. The van der Waals surface area contributed by atoms with Crippen molar-refractivity contribution in [3.05, 3.63) is 34.1 Å². The molecule has 0 unspecified atom stereocenters. The molecule has 3 nitrogen and oxygen atoms in total. The van der Waals surface area contributed by atoms with Gasteiger partial charge in [0.05, 0.1) is 11.4 Å². The summed E-state index contributed by atoms with van der Waals surface area (Å²) in [6, 6.07) is 0. The van der Waals surface area contributed by atoms with Crippen molar-refractivity contribution in [1.82, 2.24) is 15.1 Å². The molecule has 1 aliphatic carbocycles. The summed E-state index contributed by atoms with van der Waals surface area (Å²) in [6.07, 6.45) is 8.46. The number of halogens is 1. The first-order valence-electron chi connectivity index (χ1n) is 7.16. The van der Waals surface area contributed by atoms with Crippen molar-refractivity contribution in [1.29, 1.82) is 0 Å². The Balaban J connectivity index is 2.13. The second-order valence-electron chi connectivity index (χ2n) is 5.10. The van der Waals surface area contributed by atoms with E-state index in [9.17, 15) is 0 Å². The lowest BCUT2D eigenvalue weighted by Gasteiger charge is -2.14. The summed E-state index contributed by atoms with van der Waals surface area (Å²) in [5.41, 5.74) is 5.08. The lowest BCUT2D eigenvalue weighted by Crippen LogP contribution is -2.17. The molecule has 102 valence electrons. The van der Waals surface area contributed by atoms with E-state index in [1.807, 2.05) is 0 Å². The molecule has 0 amide bonds. The number of nitrogens with zero attached hydrogens (tertiary/aromatic N) is 2. The number of hydrogen-bond acceptors (Lipinski definition) is 2. The quantitative estimate of drug-likeness (QED) is 0.901. The van der Waals surface area contributed by atoms with E-state index in [2.05, 4.69) is 29.1 Å². The largest absolute Gasteiger partial charge is 0.316 e. The van der Waals surface area contributed by atoms with Crippen LogP contribution in [0.5, 0.6) is 0 Å². The fourth-order valence-electron chi connectivity index (χ4n) is 2.93. The summed E-state index contributed by atoms with van der Waals surface area (Å²) in [5.74, 6) is 0. The van der Waals surface area contributed by atoms with Crippen LogP contribution in [0.2, 0.25) is 0 Å². The highest BCUT2D eigenvalue weighted by atomic mass is 35.5. The fourth-order valence-corrected chi connectivity index (χ4v) is 3.19. The van der Waals surface area contributed by atoms with Crippen molar-refractivity contribution in [2.75, 3.05) is 13.1 Å². The van der Waals surface area contributed by atoms with Gasteiger partial charge in [-0.05, 0) is 32.7 Å². The molecule has 1 aliphatic heterocycles. The Kier molecular flexibility index (Phi) is 3.76. The van der Waals surface area contributed by atoms with Gasteiger partial charge in [0.25, 0.3) is 0 Å². The summed E-state index contributed by atoms with van der Waals surface area (Å²) < 4.78 is 2.13. The number of rotatable bonds is 2. The summed E-state index contributed by atoms with van der Waals surface area (Å²) in [4.78, 5) is 0. The molecule has 19 heavy (non-hydrogen) atoms. The van der Waals surface area contributed by atoms with Gasteiger partial charge in [-0.3, -0.25) is 4.68 Å². The smallest absolute Gasteiger partial charge is 0.0729 e. The average Bonchev–Trinajstić information content (AvgIpc) is 2.61. The third-order valence-electron chi connectivity index (χ3n) is 3.89. The Morgan fingerprint density at radius 1 is 1.32 bits per heavy atom. The van der Waals surface area contributed by atoms with Crippen molar-refractivity contribution in [2.24, 2.45) is 0 Å². The van der Waals surface area contributed by atoms with Gasteiger partial charge in [-0.1, -0.05) is 23.8 Å². The molecular weight excluding hydrogens is 258 g/mol. The Hall–Kier alpha value is -1.06. The zero-order valence-electron chi connectivity index (χ0n) is 11.4. The van der Waals surface area contributed by atoms with Crippen LogP contribution in [0, 0.1) is 0 Å². The van der Waals surface area contributed by atoms with Gasteiger partial charge in [0.2, 0.25) is 0 Å². The van der Waals surface area contributed by atoms with Crippen LogP contribution >= 0.6 is 11.6 Å². The predicted octanol–water partition coefficient (Wildman–Crippen LogP) is 2.89. The molecule has 0 saturated heterocycles. The third-order valence-corrected chi connectivity index (χ3v) is 4.28. The Labute approximate surface area is 119 Å². The average molecular weight is 278 g/mol. The van der Waals surface area contributed by atoms with Crippen molar-refractivity contribution >= 4 is 17.2 Å². The van der Waals surface area contributed by atoms with E-state index in [1.54, 1.807) is 0 Å². The minimum Gasteiger partial charge on any atom is -0.316 e. The van der Waals surface area contributed by atoms with E-state index in [0.717, 1.165) is 50.3 Å². The number of nitrogens with one attached hydrogen (secondary N) is 1. The van der Waals surface area contributed by atoms with Crippen LogP contribution in [0.4, 0.5) is 0 Å². The molecule has 2 heterocycles. The first-order valence-corrected chi connectivity index (χ1v) is 7.54. The van der Waals surface area contributed by atoms with Gasteiger partial charge in [0, 0.05) is 35.7 Å². The first-order chi connectivity index (χ1) is 9.31. The van der Waals surface area contributed by atoms with Crippen LogP contribution in [0.3, 0.4) is 0 Å². The highest BCUT2D eigenvalue weighted by Gasteiger charge is 2.22. The zero-order valence-corrected chi connectivity index (χ0v) is 12.1. The van der Waals surface area contributed by atoms with Crippen molar-refractivity contribution in [2.45, 2.75) is 39.2 Å². The molecule has 4 heteroatoms. The maximum atomic E-state index is 6.46. The normalized spacial score (nSPS) is 19.5. The Morgan fingerprint density at radius 3 is 2.95 bits per heavy atom. The molecule has 0 bridgehead atoms. The van der Waals surface area contributed by atoms with E-state index in [4.69, 9.17) is 16.7 Å². The van der Waals surface area contributed by atoms with Gasteiger partial charge < -0.3 is 5.32 Å². The van der Waals surface area contributed by atoms with E-state index >= 15 is 0 Å². The van der Waals surface area contributed by atoms with Gasteiger partial charge >= 0.3 is 0 Å². The fraction of sp³-hybridized carbons (Fsp3) is 0.533. The van der Waals surface area contributed by atoms with E-state index in [1.165, 1.54) is 22.5 Å². The number of aromatic nitrogens is 2. The highest BCUT2D eigenvalue weighted by molar-refractivity contribution is 6.33. The molecule has 0 atom stereocenters. The molecule has 0 aromatic carbocycles. The second kappa shape index (κ2) is 5.51. The Morgan fingerprint density at radius 2 is 2.16 bits per heavy atom. The molecule has 1 aromatic heterocycles. The minimum absolute atomic E-state index is 0.900. The molecule has 1 N–H and O–H groups in total. The van der Waals surface area contributed by atoms with E-state index in [0.29, 0.717) is 0 Å². The van der Waals surface area contributed by atoms with E-state index in [-0.39, 0.29) is 0 Å². The van der Waals surface area contributed by atoms with Gasteiger partial charge in [-0.2, -0.15) is 5.10 Å². The summed E-state index contributed by atoms with van der Waals surface area (Å²) in [7, 11) is 0. The molecule has 0 radical (unpaired) electrons. The topological polar surface area (TPSA) is 29.9 Å². The van der Waals surface area contributed by atoms with Gasteiger partial charge in [-0.25, -0.2) is 0 Å². The molecule has 2 aliphatic rings. The highest BCUT2D eigenvalue weighted by Crippen LogP contribution is 2.33. The number of aryl methyl sites for hydroxylation is 1. The molecular formula is C15H20ClN3. The Bertz CT molecular complexity index is 540. The van der Waals surface area contributed by atoms with Crippen LogP contribution in [-0.2, 0) is 19.4 Å². The van der Waals surface area contributed by atoms with Crippen molar-refractivity contribution in [3.8, 4) is 0 Å². The first kappa shape index (κ1) is 12.9. The van der Waals surface area contributed by atoms with Crippen LogP contribution in [0.15, 0.2) is 17.2 Å². The van der Waals surface area contributed by atoms with Gasteiger partial charge in [-0.15, -0.1) is 0 Å². The lowest BCUT2D eigenvalue weighted by atomic mass is 9.98. The molecule has 0 saturated carbocycles. The molecule has 0 fully saturated rings. The van der Waals surface area contributed by atoms with Crippen molar-refractivity contribution < 1.29 is 0 Å². The summed E-state index contributed by atoms with van der Waals surface area (Å²) in [6.45, 7) is 5.10. The maximum Gasteiger partial charge on any atom is 0.0729 e. The molecule has 3 rings (SSSR count). The molecule has 0 spiro atoms. The predicted molar refractivity (Wildman–Crippen MR) is 79.3 cm³/mol. The minimum atomic E-state index is 0.900. The van der Waals surface area contributed by atoms with Gasteiger partial charge in [0.15, 0.2) is 0 Å². The van der Waals surface area contributed by atoms with Crippen LogP contribution in [-0.4, -0.2) is 22.9 Å². The third kappa shape index (κ3) is 2.37. The monoisotopic (exact) mass is 277 g/mol. The standard InChI is InChI=1S/C15H20ClN3/c1-2-19-15(11-5-3-4-6-13(11)16)12-7-9-17-10-8-14(12)18-19/h3,5,17H,2,4,6-10H2,1H3. The summed E-state index contributed by atoms with van der Waals surface area (Å²) >= 11 is 6.46. The maximum absolute atomic E-state index is 6.46. The zero-order chi connectivity index (χ0) is 13.2.